The molecule has 1 fully saturated rings. The second-order valence-electron chi connectivity index (χ2n) is 9.69. The lowest BCUT2D eigenvalue weighted by Crippen LogP contribution is -2.58. The normalized spacial score (nSPS) is 20.8. The number of carbonyl (C=O) groups excluding carboxylic acids is 2. The molecule has 0 spiro atoms. The molecular weight excluding hydrogens is 456 g/mol. The molecule has 2 aliphatic rings. The van der Waals surface area contributed by atoms with Crippen LogP contribution in [-0.2, 0) is 11.3 Å². The van der Waals surface area contributed by atoms with E-state index in [0.29, 0.717) is 55.7 Å². The Labute approximate surface area is 210 Å². The van der Waals surface area contributed by atoms with Crippen molar-refractivity contribution in [3.63, 3.8) is 0 Å². The molecule has 2 aliphatic heterocycles. The fraction of sp³-hybridized carbons (Fsp3) is 0.407. The van der Waals surface area contributed by atoms with E-state index in [4.69, 9.17) is 14.7 Å². The summed E-state index contributed by atoms with van der Waals surface area (Å²) in [6, 6.07) is 14.6. The van der Waals surface area contributed by atoms with Gasteiger partial charge in [-0.05, 0) is 30.2 Å². The summed E-state index contributed by atoms with van der Waals surface area (Å²) in [5.74, 6) is 1.83. The number of benzene rings is 2. The third kappa shape index (κ3) is 4.70. The van der Waals surface area contributed by atoms with Crippen molar-refractivity contribution in [3.05, 3.63) is 59.9 Å². The Bertz CT molecular complexity index is 1280. The van der Waals surface area contributed by atoms with Crippen LogP contribution in [0.4, 0.5) is 5.82 Å². The van der Waals surface area contributed by atoms with E-state index in [1.165, 1.54) is 0 Å². The van der Waals surface area contributed by atoms with E-state index in [2.05, 4.69) is 15.5 Å². The standard InChI is InChI=1S/C27H32N6O3/c1-17(2)24-26(34)28-14-18-15-33(27(35)20-9-5-7-11-22(20)36-3)13-12-32(18)16-23-29-21-10-6-4-8-19(21)25(30-23)31-24/h4-11,17-18,24H,12-16H2,1-3H3,(H,28,34)(H,29,30,31)/t18?,24-/m0/s1. The first-order valence-corrected chi connectivity index (χ1v) is 12.4. The van der Waals surface area contributed by atoms with Crippen molar-refractivity contribution < 1.29 is 14.3 Å². The number of fused-ring (bicyclic) bond motifs is 5. The highest BCUT2D eigenvalue weighted by atomic mass is 16.5. The summed E-state index contributed by atoms with van der Waals surface area (Å²) in [7, 11) is 1.57. The molecule has 9 heteroatoms. The van der Waals surface area contributed by atoms with Gasteiger partial charge in [0.25, 0.3) is 5.91 Å². The van der Waals surface area contributed by atoms with Gasteiger partial charge >= 0.3 is 0 Å². The van der Waals surface area contributed by atoms with Gasteiger partial charge in [-0.3, -0.25) is 14.5 Å². The van der Waals surface area contributed by atoms with Crippen LogP contribution in [0.5, 0.6) is 5.75 Å². The molecule has 188 valence electrons. The van der Waals surface area contributed by atoms with E-state index >= 15 is 0 Å². The zero-order valence-electron chi connectivity index (χ0n) is 20.9. The van der Waals surface area contributed by atoms with Gasteiger partial charge in [0.1, 0.15) is 23.4 Å². The molecule has 1 saturated heterocycles. The van der Waals surface area contributed by atoms with Gasteiger partial charge in [0, 0.05) is 37.6 Å². The minimum absolute atomic E-state index is 0.0500. The Morgan fingerprint density at radius 1 is 1.08 bits per heavy atom. The molecular formula is C27H32N6O3. The van der Waals surface area contributed by atoms with Crippen LogP contribution in [0.15, 0.2) is 48.5 Å². The third-order valence-corrected chi connectivity index (χ3v) is 6.98. The summed E-state index contributed by atoms with van der Waals surface area (Å²) >= 11 is 0. The number of anilines is 1. The number of piperazine rings is 1. The smallest absolute Gasteiger partial charge is 0.257 e. The zero-order valence-corrected chi connectivity index (χ0v) is 20.9. The average molecular weight is 489 g/mol. The Kier molecular flexibility index (Phi) is 6.73. The van der Waals surface area contributed by atoms with Crippen LogP contribution in [-0.4, -0.2) is 77.0 Å². The molecule has 3 aromatic rings. The number of ether oxygens (including phenoxy) is 1. The number of aromatic nitrogens is 2. The Balaban J connectivity index is 1.46. The first-order valence-electron chi connectivity index (χ1n) is 12.4. The van der Waals surface area contributed by atoms with Crippen LogP contribution in [0.25, 0.3) is 10.9 Å². The lowest BCUT2D eigenvalue weighted by Gasteiger charge is -2.41. The van der Waals surface area contributed by atoms with Crippen molar-refractivity contribution in [1.29, 1.82) is 0 Å². The molecule has 36 heavy (non-hydrogen) atoms. The van der Waals surface area contributed by atoms with Gasteiger partial charge in [0.05, 0.1) is 24.7 Å². The van der Waals surface area contributed by atoms with E-state index in [1.807, 2.05) is 55.1 Å². The van der Waals surface area contributed by atoms with E-state index in [0.717, 1.165) is 10.9 Å². The number of rotatable bonds is 3. The number of carbonyl (C=O) groups is 2. The highest BCUT2D eigenvalue weighted by Crippen LogP contribution is 2.25. The predicted molar refractivity (Wildman–Crippen MR) is 138 cm³/mol. The fourth-order valence-electron chi connectivity index (χ4n) is 4.97. The number of hydrogen-bond acceptors (Lipinski definition) is 7. The van der Waals surface area contributed by atoms with Crippen molar-refractivity contribution in [1.82, 2.24) is 25.1 Å². The molecule has 9 nitrogen and oxygen atoms in total. The second-order valence-corrected chi connectivity index (χ2v) is 9.69. The maximum atomic E-state index is 13.4. The van der Waals surface area contributed by atoms with Gasteiger partial charge in [-0.2, -0.15) is 0 Å². The number of methoxy groups -OCH3 is 1. The second kappa shape index (κ2) is 10.1. The highest BCUT2D eigenvalue weighted by Gasteiger charge is 2.33. The van der Waals surface area contributed by atoms with Crippen LogP contribution >= 0.6 is 0 Å². The molecule has 1 unspecified atom stereocenters. The molecule has 2 N–H and O–H groups in total. The summed E-state index contributed by atoms with van der Waals surface area (Å²) in [6.45, 7) is 6.68. The zero-order chi connectivity index (χ0) is 25.2. The molecule has 2 amide bonds. The Morgan fingerprint density at radius 2 is 1.86 bits per heavy atom. The molecule has 5 rings (SSSR count). The van der Waals surface area contributed by atoms with Gasteiger partial charge in [0.2, 0.25) is 5.91 Å². The summed E-state index contributed by atoms with van der Waals surface area (Å²) in [4.78, 5) is 40.4. The summed E-state index contributed by atoms with van der Waals surface area (Å²) in [5, 5.41) is 7.42. The van der Waals surface area contributed by atoms with Gasteiger partial charge < -0.3 is 20.3 Å². The largest absolute Gasteiger partial charge is 0.496 e. The first-order chi connectivity index (χ1) is 17.4. The average Bonchev–Trinajstić information content (AvgIpc) is 2.91. The van der Waals surface area contributed by atoms with Gasteiger partial charge in [-0.1, -0.05) is 38.1 Å². The summed E-state index contributed by atoms with van der Waals surface area (Å²) in [6.07, 6.45) is 0. The van der Waals surface area contributed by atoms with Crippen molar-refractivity contribution in [2.24, 2.45) is 5.92 Å². The summed E-state index contributed by atoms with van der Waals surface area (Å²) in [5.41, 5.74) is 1.38. The number of nitrogens with one attached hydrogen (secondary N) is 2. The lowest BCUT2D eigenvalue weighted by molar-refractivity contribution is -0.123. The van der Waals surface area contributed by atoms with Crippen molar-refractivity contribution in [2.75, 3.05) is 38.6 Å². The molecule has 0 saturated carbocycles. The highest BCUT2D eigenvalue weighted by molar-refractivity contribution is 5.97. The van der Waals surface area contributed by atoms with Crippen molar-refractivity contribution >= 4 is 28.5 Å². The number of nitrogens with zero attached hydrogens (tertiary/aromatic N) is 4. The number of hydrogen-bond donors (Lipinski definition) is 2. The van der Waals surface area contributed by atoms with Crippen LogP contribution < -0.4 is 15.4 Å². The van der Waals surface area contributed by atoms with Gasteiger partial charge in [-0.15, -0.1) is 0 Å². The molecule has 1 aromatic heterocycles. The third-order valence-electron chi connectivity index (χ3n) is 6.98. The first kappa shape index (κ1) is 24.0. The maximum absolute atomic E-state index is 13.4. The van der Waals surface area contributed by atoms with Crippen LogP contribution in [0, 0.1) is 5.92 Å². The fourth-order valence-corrected chi connectivity index (χ4v) is 4.97. The topological polar surface area (TPSA) is 99.7 Å². The van der Waals surface area contributed by atoms with Crippen LogP contribution in [0.3, 0.4) is 0 Å². The van der Waals surface area contributed by atoms with Crippen molar-refractivity contribution in [2.45, 2.75) is 32.5 Å². The van der Waals surface area contributed by atoms with Gasteiger partial charge in [-0.25, -0.2) is 9.97 Å². The maximum Gasteiger partial charge on any atom is 0.257 e. The van der Waals surface area contributed by atoms with E-state index in [9.17, 15) is 9.59 Å². The predicted octanol–water partition coefficient (Wildman–Crippen LogP) is 2.53. The Morgan fingerprint density at radius 3 is 2.67 bits per heavy atom. The van der Waals surface area contributed by atoms with Crippen LogP contribution in [0.2, 0.25) is 0 Å². The molecule has 2 atom stereocenters. The minimum atomic E-state index is -0.447. The lowest BCUT2D eigenvalue weighted by atomic mass is 10.0. The SMILES string of the molecule is COc1ccccc1C(=O)N1CCN2Cc3nc(c4ccccc4n3)N[C@@H](C(C)C)C(=O)NCC2C1. The van der Waals surface area contributed by atoms with Crippen molar-refractivity contribution in [3.8, 4) is 5.75 Å². The quantitative estimate of drug-likeness (QED) is 0.584. The van der Waals surface area contributed by atoms with E-state index in [-0.39, 0.29) is 23.8 Å². The Hall–Kier alpha value is -3.72. The van der Waals surface area contributed by atoms with Crippen LogP contribution in [0.1, 0.15) is 30.0 Å². The minimum Gasteiger partial charge on any atom is -0.496 e. The molecule has 0 aliphatic carbocycles. The molecule has 2 bridgehead atoms. The van der Waals surface area contributed by atoms with E-state index < -0.39 is 6.04 Å². The molecule has 0 radical (unpaired) electrons. The molecule has 2 aromatic carbocycles. The number of para-hydroxylation sites is 2. The van der Waals surface area contributed by atoms with Gasteiger partial charge in [0.15, 0.2) is 0 Å². The summed E-state index contributed by atoms with van der Waals surface area (Å²) < 4.78 is 5.41. The van der Waals surface area contributed by atoms with E-state index in [1.54, 1.807) is 19.2 Å². The monoisotopic (exact) mass is 488 g/mol. The number of amides is 2. The molecule has 3 heterocycles.